The van der Waals surface area contributed by atoms with Crippen molar-refractivity contribution >= 4 is 29.3 Å². The van der Waals surface area contributed by atoms with Gasteiger partial charge in [-0.05, 0) is 48.7 Å². The number of dihydropyridines is 1. The Balaban J connectivity index is 1.53. The number of rotatable bonds is 9. The van der Waals surface area contributed by atoms with E-state index in [2.05, 4.69) is 28.9 Å². The number of aryl methyl sites for hydroxylation is 1. The molecule has 2 heterocycles. The van der Waals surface area contributed by atoms with Gasteiger partial charge >= 0.3 is 0 Å². The van der Waals surface area contributed by atoms with Gasteiger partial charge in [0.15, 0.2) is 0 Å². The highest BCUT2D eigenvalue weighted by Gasteiger charge is 2.36. The third kappa shape index (κ3) is 6.32. The summed E-state index contributed by atoms with van der Waals surface area (Å²) in [7, 11) is 0. The molecule has 2 amide bonds. The molecule has 3 N–H and O–H groups in total. The van der Waals surface area contributed by atoms with Gasteiger partial charge in [0.1, 0.15) is 5.76 Å². The lowest BCUT2D eigenvalue weighted by Gasteiger charge is -2.28. The number of carbonyl (C=O) groups excluding carboxylic acids is 2. The number of furan rings is 1. The molecule has 0 unspecified atom stereocenters. The highest BCUT2D eigenvalue weighted by atomic mass is 32.2. The fourth-order valence-corrected chi connectivity index (χ4v) is 5.00. The summed E-state index contributed by atoms with van der Waals surface area (Å²) in [5, 5.41) is 19.7. The van der Waals surface area contributed by atoms with Crippen LogP contribution in [0.2, 0.25) is 0 Å². The minimum absolute atomic E-state index is 0.115. The van der Waals surface area contributed by atoms with Crippen LogP contribution in [0.15, 0.2) is 99.3 Å². The number of benzene rings is 2. The van der Waals surface area contributed by atoms with E-state index in [1.807, 2.05) is 54.6 Å². The second kappa shape index (κ2) is 12.2. The van der Waals surface area contributed by atoms with Gasteiger partial charge in [-0.1, -0.05) is 61.2 Å². The molecule has 0 radical (unpaired) electrons. The Kier molecular flexibility index (Phi) is 8.49. The Morgan fingerprint density at radius 2 is 1.81 bits per heavy atom. The van der Waals surface area contributed by atoms with Gasteiger partial charge in [-0.2, -0.15) is 5.26 Å². The molecular formula is C29H28N4O3S. The van der Waals surface area contributed by atoms with Crippen LogP contribution in [0.25, 0.3) is 0 Å². The van der Waals surface area contributed by atoms with Gasteiger partial charge in [-0.3, -0.25) is 9.59 Å². The molecule has 0 fully saturated rings. The Bertz CT molecular complexity index is 1350. The molecule has 188 valence electrons. The maximum atomic E-state index is 13.4. The van der Waals surface area contributed by atoms with Crippen LogP contribution < -0.4 is 16.0 Å². The Morgan fingerprint density at radius 1 is 1.05 bits per heavy atom. The maximum absolute atomic E-state index is 13.4. The summed E-state index contributed by atoms with van der Waals surface area (Å²) < 4.78 is 5.66. The van der Waals surface area contributed by atoms with Crippen LogP contribution in [0, 0.1) is 11.3 Å². The summed E-state index contributed by atoms with van der Waals surface area (Å²) in [6.45, 7) is 4.28. The van der Waals surface area contributed by atoms with Crippen LogP contribution in [-0.2, 0) is 22.6 Å². The van der Waals surface area contributed by atoms with E-state index >= 15 is 0 Å². The minimum atomic E-state index is -0.703. The predicted octanol–water partition coefficient (Wildman–Crippen LogP) is 5.23. The second-order valence-corrected chi connectivity index (χ2v) is 9.51. The number of anilines is 1. The summed E-state index contributed by atoms with van der Waals surface area (Å²) in [6, 6.07) is 23.0. The molecule has 0 spiro atoms. The molecule has 3 aromatic rings. The van der Waals surface area contributed by atoms with Gasteiger partial charge in [0.05, 0.1) is 40.2 Å². The van der Waals surface area contributed by atoms with Crippen LogP contribution in [0.5, 0.6) is 0 Å². The van der Waals surface area contributed by atoms with Gasteiger partial charge in [-0.25, -0.2) is 0 Å². The molecular weight excluding hydrogens is 484 g/mol. The highest BCUT2D eigenvalue weighted by Crippen LogP contribution is 2.41. The van der Waals surface area contributed by atoms with Crippen molar-refractivity contribution in [2.24, 2.45) is 0 Å². The quantitative estimate of drug-likeness (QED) is 0.363. The summed E-state index contributed by atoms with van der Waals surface area (Å²) in [5.74, 6) is -0.589. The summed E-state index contributed by atoms with van der Waals surface area (Å²) in [5.41, 5.74) is 4.15. The zero-order chi connectivity index (χ0) is 26.2. The number of thioether (sulfide) groups is 1. The topological polar surface area (TPSA) is 107 Å². The molecule has 37 heavy (non-hydrogen) atoms. The van der Waals surface area contributed by atoms with Crippen molar-refractivity contribution in [2.45, 2.75) is 32.7 Å². The van der Waals surface area contributed by atoms with Crippen LogP contribution in [0.1, 0.15) is 36.7 Å². The first-order valence-corrected chi connectivity index (χ1v) is 13.0. The molecule has 2 aromatic carbocycles. The van der Waals surface area contributed by atoms with E-state index in [9.17, 15) is 14.9 Å². The summed E-state index contributed by atoms with van der Waals surface area (Å²) in [4.78, 5) is 25.9. The molecule has 0 saturated carbocycles. The molecule has 8 heteroatoms. The van der Waals surface area contributed by atoms with E-state index < -0.39 is 5.92 Å². The summed E-state index contributed by atoms with van der Waals surface area (Å²) in [6.07, 6.45) is 2.43. The lowest BCUT2D eigenvalue weighted by Crippen LogP contribution is -2.31. The van der Waals surface area contributed by atoms with Crippen LogP contribution >= 0.6 is 11.8 Å². The van der Waals surface area contributed by atoms with Crippen molar-refractivity contribution in [3.63, 3.8) is 0 Å². The van der Waals surface area contributed by atoms with Gasteiger partial charge in [0.25, 0.3) is 5.91 Å². The lowest BCUT2D eigenvalue weighted by molar-refractivity contribution is -0.118. The van der Waals surface area contributed by atoms with E-state index in [-0.39, 0.29) is 17.6 Å². The average Bonchev–Trinajstić information content (AvgIpc) is 3.46. The first kappa shape index (κ1) is 25.9. The first-order valence-electron chi connectivity index (χ1n) is 12.0. The van der Waals surface area contributed by atoms with E-state index in [1.54, 1.807) is 19.1 Å². The van der Waals surface area contributed by atoms with E-state index in [0.717, 1.165) is 12.0 Å². The second-order valence-electron chi connectivity index (χ2n) is 8.52. The first-order chi connectivity index (χ1) is 18.0. The van der Waals surface area contributed by atoms with Crippen molar-refractivity contribution in [2.75, 3.05) is 11.1 Å². The fraction of sp³-hybridized carbons (Fsp3) is 0.207. The predicted molar refractivity (Wildman–Crippen MR) is 145 cm³/mol. The molecule has 1 aliphatic rings. The third-order valence-corrected chi connectivity index (χ3v) is 7.04. The largest absolute Gasteiger partial charge is 0.468 e. The van der Waals surface area contributed by atoms with E-state index in [0.29, 0.717) is 39.9 Å². The molecule has 0 bridgehead atoms. The van der Waals surface area contributed by atoms with Crippen molar-refractivity contribution in [1.29, 1.82) is 5.26 Å². The number of nitriles is 1. The number of amides is 2. The fourth-order valence-electron chi connectivity index (χ4n) is 4.07. The number of hydrogen-bond acceptors (Lipinski definition) is 6. The monoisotopic (exact) mass is 512 g/mol. The number of allylic oxidation sites excluding steroid dienone is 2. The molecule has 1 aliphatic heterocycles. The van der Waals surface area contributed by atoms with Gasteiger partial charge < -0.3 is 20.4 Å². The number of nitrogens with one attached hydrogen (secondary N) is 3. The van der Waals surface area contributed by atoms with Crippen molar-refractivity contribution < 1.29 is 14.0 Å². The third-order valence-electron chi connectivity index (χ3n) is 6.02. The van der Waals surface area contributed by atoms with Crippen molar-refractivity contribution in [3.05, 3.63) is 112 Å². The Morgan fingerprint density at radius 3 is 2.46 bits per heavy atom. The van der Waals surface area contributed by atoms with Gasteiger partial charge in [-0.15, -0.1) is 0 Å². The molecule has 1 atom stereocenters. The number of hydrogen-bond donors (Lipinski definition) is 3. The van der Waals surface area contributed by atoms with Crippen LogP contribution in [0.3, 0.4) is 0 Å². The normalized spacial score (nSPS) is 15.1. The van der Waals surface area contributed by atoms with Crippen molar-refractivity contribution in [1.82, 2.24) is 10.6 Å². The minimum Gasteiger partial charge on any atom is -0.468 e. The molecule has 0 aliphatic carbocycles. The number of nitrogens with zero attached hydrogens (tertiary/aromatic N) is 1. The zero-order valence-electron chi connectivity index (χ0n) is 20.7. The smallest absolute Gasteiger partial charge is 0.254 e. The van der Waals surface area contributed by atoms with Crippen LogP contribution in [-0.4, -0.2) is 17.6 Å². The van der Waals surface area contributed by atoms with E-state index in [4.69, 9.17) is 4.42 Å². The van der Waals surface area contributed by atoms with Gasteiger partial charge in [0, 0.05) is 17.9 Å². The lowest BCUT2D eigenvalue weighted by atomic mass is 9.85. The van der Waals surface area contributed by atoms with Gasteiger partial charge in [0.2, 0.25) is 5.91 Å². The summed E-state index contributed by atoms with van der Waals surface area (Å²) >= 11 is 1.23. The van der Waals surface area contributed by atoms with Crippen LogP contribution in [0.4, 0.5) is 5.69 Å². The molecule has 0 saturated heterocycles. The molecule has 7 nitrogen and oxygen atoms in total. The van der Waals surface area contributed by atoms with Crippen molar-refractivity contribution in [3.8, 4) is 6.07 Å². The Hall–Kier alpha value is -4.22. The Labute approximate surface area is 220 Å². The number of carbonyl (C=O) groups is 2. The van der Waals surface area contributed by atoms with E-state index in [1.165, 1.54) is 23.6 Å². The standard InChI is InChI=1S/C29H28N4O3S/c1-3-20-11-13-22(14-12-20)33-28(35)26-19(2)32-29(23(16-30)27(26)24-10-7-15-36-24)37-18-25(34)31-17-21-8-5-4-6-9-21/h4-15,27,32H,3,17-18H2,1-2H3,(H,31,34)(H,33,35)/t27-/m1/s1. The average molecular weight is 513 g/mol. The zero-order valence-corrected chi connectivity index (χ0v) is 21.5. The highest BCUT2D eigenvalue weighted by molar-refractivity contribution is 8.03. The molecule has 1 aromatic heterocycles. The maximum Gasteiger partial charge on any atom is 0.254 e. The molecule has 4 rings (SSSR count). The SMILES string of the molecule is CCc1ccc(NC(=O)C2=C(C)NC(SCC(=O)NCc3ccccc3)=C(C#N)[C@@H]2c2ccco2)cc1.